The van der Waals surface area contributed by atoms with Crippen molar-refractivity contribution in [3.63, 3.8) is 0 Å². The second-order valence-corrected chi connectivity index (χ2v) is 6.03. The summed E-state index contributed by atoms with van der Waals surface area (Å²) in [5.41, 5.74) is 0.631. The minimum Gasteiger partial charge on any atom is -0.481 e. The zero-order chi connectivity index (χ0) is 13.5. The van der Waals surface area contributed by atoms with E-state index in [0.29, 0.717) is 10.1 Å². The SMILES string of the molecule is CC1(C)[C@@H](/C=C(/Cl)c2ccc(Cl)cc2)[C@@H]1C(=O)O. The third-order valence-electron chi connectivity index (χ3n) is 3.62. The number of carboxylic acid groups (broad SMARTS) is 1. The lowest BCUT2D eigenvalue weighted by atomic mass is 10.1. The molecule has 1 aromatic rings. The fourth-order valence-corrected chi connectivity index (χ4v) is 2.71. The van der Waals surface area contributed by atoms with Gasteiger partial charge in [-0.25, -0.2) is 0 Å². The van der Waals surface area contributed by atoms with Crippen LogP contribution in [0.25, 0.3) is 5.03 Å². The summed E-state index contributed by atoms with van der Waals surface area (Å²) in [6, 6.07) is 7.18. The minimum atomic E-state index is -0.762. The van der Waals surface area contributed by atoms with E-state index < -0.39 is 5.97 Å². The van der Waals surface area contributed by atoms with E-state index in [1.807, 2.05) is 32.1 Å². The van der Waals surface area contributed by atoms with Gasteiger partial charge in [0, 0.05) is 10.1 Å². The van der Waals surface area contributed by atoms with Crippen molar-refractivity contribution in [3.8, 4) is 0 Å². The fourth-order valence-electron chi connectivity index (χ4n) is 2.32. The van der Waals surface area contributed by atoms with Crippen LogP contribution in [0.1, 0.15) is 19.4 Å². The van der Waals surface area contributed by atoms with E-state index in [1.165, 1.54) is 0 Å². The molecule has 1 N–H and O–H groups in total. The molecule has 4 heteroatoms. The third-order valence-corrected chi connectivity index (χ3v) is 4.22. The number of aliphatic carboxylic acids is 1. The summed E-state index contributed by atoms with van der Waals surface area (Å²) in [6.45, 7) is 3.89. The van der Waals surface area contributed by atoms with Crippen LogP contribution < -0.4 is 0 Å². The molecule has 18 heavy (non-hydrogen) atoms. The van der Waals surface area contributed by atoms with Gasteiger partial charge in [-0.1, -0.05) is 55.3 Å². The lowest BCUT2D eigenvalue weighted by Crippen LogP contribution is -2.03. The van der Waals surface area contributed by atoms with Crippen LogP contribution in [-0.2, 0) is 4.79 Å². The van der Waals surface area contributed by atoms with Crippen molar-refractivity contribution in [1.82, 2.24) is 0 Å². The van der Waals surface area contributed by atoms with Crippen molar-refractivity contribution in [2.24, 2.45) is 17.3 Å². The Bertz CT molecular complexity index is 503. The van der Waals surface area contributed by atoms with Gasteiger partial charge in [-0.2, -0.15) is 0 Å². The molecule has 2 rings (SSSR count). The van der Waals surface area contributed by atoms with Gasteiger partial charge in [0.05, 0.1) is 5.92 Å². The molecule has 1 saturated carbocycles. The number of benzene rings is 1. The van der Waals surface area contributed by atoms with Gasteiger partial charge in [0.25, 0.3) is 0 Å². The van der Waals surface area contributed by atoms with Crippen LogP contribution in [0.4, 0.5) is 0 Å². The molecule has 0 aromatic heterocycles. The molecule has 2 atom stereocenters. The number of halogens is 2. The highest BCUT2D eigenvalue weighted by atomic mass is 35.5. The van der Waals surface area contributed by atoms with Gasteiger partial charge in [-0.3, -0.25) is 4.79 Å². The Labute approximate surface area is 116 Å². The molecule has 1 aliphatic carbocycles. The molecule has 0 aliphatic heterocycles. The number of carbonyl (C=O) groups is 1. The average molecular weight is 285 g/mol. The molecule has 0 amide bonds. The first-order valence-electron chi connectivity index (χ1n) is 5.70. The summed E-state index contributed by atoms with van der Waals surface area (Å²) in [7, 11) is 0. The molecule has 0 saturated heterocycles. The monoisotopic (exact) mass is 284 g/mol. The number of rotatable bonds is 3. The minimum absolute atomic E-state index is 0.0156. The lowest BCUT2D eigenvalue weighted by molar-refractivity contribution is -0.139. The Kier molecular flexibility index (Phi) is 3.43. The standard InChI is InChI=1S/C14H14Cl2O2/c1-14(2)10(12(14)13(17)18)7-11(16)8-3-5-9(15)6-4-8/h3-7,10,12H,1-2H3,(H,17,18)/b11-7+/t10-,12+/m0/s1. The van der Waals surface area contributed by atoms with E-state index in [1.54, 1.807) is 12.1 Å². The molecule has 1 aromatic carbocycles. The van der Waals surface area contributed by atoms with Gasteiger partial charge < -0.3 is 5.11 Å². The Morgan fingerprint density at radius 2 is 1.89 bits per heavy atom. The Morgan fingerprint density at radius 3 is 2.33 bits per heavy atom. The van der Waals surface area contributed by atoms with Gasteiger partial charge in [-0.05, 0) is 29.0 Å². The van der Waals surface area contributed by atoms with Crippen LogP contribution >= 0.6 is 23.2 Å². The highest BCUT2D eigenvalue weighted by Gasteiger charge is 2.60. The number of hydrogen-bond acceptors (Lipinski definition) is 1. The van der Waals surface area contributed by atoms with Gasteiger partial charge >= 0.3 is 5.97 Å². The van der Waals surface area contributed by atoms with Crippen molar-refractivity contribution in [2.75, 3.05) is 0 Å². The summed E-state index contributed by atoms with van der Waals surface area (Å²) in [6.07, 6.45) is 1.84. The average Bonchev–Trinajstić information content (AvgIpc) is 2.81. The Balaban J connectivity index is 2.20. The largest absolute Gasteiger partial charge is 0.481 e. The summed E-state index contributed by atoms with van der Waals surface area (Å²) in [5.74, 6) is -1.13. The van der Waals surface area contributed by atoms with Crippen LogP contribution in [-0.4, -0.2) is 11.1 Å². The first-order chi connectivity index (χ1) is 8.34. The van der Waals surface area contributed by atoms with Gasteiger partial charge in [0.1, 0.15) is 0 Å². The van der Waals surface area contributed by atoms with Gasteiger partial charge in [0.15, 0.2) is 0 Å². The fraction of sp³-hybridized carbons (Fsp3) is 0.357. The van der Waals surface area contributed by atoms with E-state index >= 15 is 0 Å². The zero-order valence-corrected chi connectivity index (χ0v) is 11.7. The normalized spacial score (nSPS) is 25.9. The van der Waals surface area contributed by atoms with Crippen molar-refractivity contribution in [2.45, 2.75) is 13.8 Å². The molecule has 0 heterocycles. The van der Waals surface area contributed by atoms with Crippen molar-refractivity contribution in [3.05, 3.63) is 40.9 Å². The quantitative estimate of drug-likeness (QED) is 0.900. The predicted molar refractivity (Wildman–Crippen MR) is 73.7 cm³/mol. The second kappa shape index (κ2) is 4.60. The van der Waals surface area contributed by atoms with Crippen molar-refractivity contribution < 1.29 is 9.90 Å². The van der Waals surface area contributed by atoms with Crippen LogP contribution in [0.3, 0.4) is 0 Å². The van der Waals surface area contributed by atoms with E-state index in [-0.39, 0.29) is 17.3 Å². The van der Waals surface area contributed by atoms with Crippen LogP contribution in [0.15, 0.2) is 30.3 Å². The summed E-state index contributed by atoms with van der Waals surface area (Å²) < 4.78 is 0. The van der Waals surface area contributed by atoms with Crippen LogP contribution in [0.2, 0.25) is 5.02 Å². The topological polar surface area (TPSA) is 37.3 Å². The van der Waals surface area contributed by atoms with E-state index in [9.17, 15) is 4.79 Å². The molecular formula is C14H14Cl2O2. The van der Waals surface area contributed by atoms with E-state index in [2.05, 4.69) is 0 Å². The van der Waals surface area contributed by atoms with Crippen molar-refractivity contribution >= 4 is 34.2 Å². The summed E-state index contributed by atoms with van der Waals surface area (Å²) in [5, 5.41) is 10.3. The second-order valence-electron chi connectivity index (χ2n) is 5.18. The zero-order valence-electron chi connectivity index (χ0n) is 10.2. The summed E-state index contributed by atoms with van der Waals surface area (Å²) >= 11 is 12.0. The third kappa shape index (κ3) is 2.40. The molecule has 0 unspecified atom stereocenters. The Hall–Kier alpha value is -0.990. The van der Waals surface area contributed by atoms with E-state index in [4.69, 9.17) is 28.3 Å². The number of allylic oxidation sites excluding steroid dienone is 1. The lowest BCUT2D eigenvalue weighted by Gasteiger charge is -2.01. The molecule has 0 bridgehead atoms. The maximum Gasteiger partial charge on any atom is 0.307 e. The first kappa shape index (κ1) is 13.4. The molecular weight excluding hydrogens is 271 g/mol. The molecule has 1 aliphatic rings. The highest BCUT2D eigenvalue weighted by Crippen LogP contribution is 2.59. The maximum atomic E-state index is 11.1. The molecule has 2 nitrogen and oxygen atoms in total. The van der Waals surface area contributed by atoms with Crippen molar-refractivity contribution in [1.29, 1.82) is 0 Å². The van der Waals surface area contributed by atoms with Gasteiger partial charge in [0.2, 0.25) is 0 Å². The number of carboxylic acids is 1. The molecule has 0 radical (unpaired) electrons. The maximum absolute atomic E-state index is 11.1. The molecule has 96 valence electrons. The molecule has 0 spiro atoms. The first-order valence-corrected chi connectivity index (χ1v) is 6.45. The van der Waals surface area contributed by atoms with E-state index in [0.717, 1.165) is 5.56 Å². The van der Waals surface area contributed by atoms with Gasteiger partial charge in [-0.15, -0.1) is 0 Å². The molecule has 1 fully saturated rings. The predicted octanol–water partition coefficient (Wildman–Crippen LogP) is 4.28. The van der Waals surface area contributed by atoms with Crippen LogP contribution in [0.5, 0.6) is 0 Å². The highest BCUT2D eigenvalue weighted by molar-refractivity contribution is 6.48. The smallest absolute Gasteiger partial charge is 0.307 e. The summed E-state index contributed by atoms with van der Waals surface area (Å²) in [4.78, 5) is 11.1. The van der Waals surface area contributed by atoms with Crippen LogP contribution in [0, 0.1) is 17.3 Å². The number of hydrogen-bond donors (Lipinski definition) is 1. The Morgan fingerprint density at radius 1 is 1.33 bits per heavy atom.